The van der Waals surface area contributed by atoms with E-state index < -0.39 is 11.5 Å². The highest BCUT2D eigenvalue weighted by Gasteiger charge is 2.41. The molecule has 0 bridgehead atoms. The summed E-state index contributed by atoms with van der Waals surface area (Å²) in [4.78, 5) is 0. The number of hydrogen-bond acceptors (Lipinski definition) is 3. The van der Waals surface area contributed by atoms with Gasteiger partial charge in [-0.2, -0.15) is 5.26 Å². The molecule has 3 unspecified atom stereocenters. The standard InChI is InChI=1S/C11H19NO2/c1-9-4-3-5-11(6-9,8-12)10(13)7-14-2/h9-10,13H,3-7H2,1-2H3. The van der Waals surface area contributed by atoms with Crippen molar-refractivity contribution < 1.29 is 9.84 Å². The molecule has 1 aliphatic carbocycles. The minimum Gasteiger partial charge on any atom is -0.389 e. The lowest BCUT2D eigenvalue weighted by Crippen LogP contribution is -2.40. The molecule has 1 N–H and O–H groups in total. The van der Waals surface area contributed by atoms with Crippen LogP contribution >= 0.6 is 0 Å². The maximum absolute atomic E-state index is 9.89. The maximum Gasteiger partial charge on any atom is 0.0959 e. The zero-order valence-electron chi connectivity index (χ0n) is 8.99. The summed E-state index contributed by atoms with van der Waals surface area (Å²) in [5, 5.41) is 19.1. The summed E-state index contributed by atoms with van der Waals surface area (Å²) in [6, 6.07) is 2.30. The molecule has 3 nitrogen and oxygen atoms in total. The van der Waals surface area contributed by atoms with Gasteiger partial charge in [0.15, 0.2) is 0 Å². The van der Waals surface area contributed by atoms with E-state index >= 15 is 0 Å². The van der Waals surface area contributed by atoms with Crippen molar-refractivity contribution in [3.05, 3.63) is 0 Å². The van der Waals surface area contributed by atoms with E-state index in [2.05, 4.69) is 13.0 Å². The fourth-order valence-corrected chi connectivity index (χ4v) is 2.39. The van der Waals surface area contributed by atoms with Crippen LogP contribution in [0, 0.1) is 22.7 Å². The third kappa shape index (κ3) is 2.26. The molecular weight excluding hydrogens is 178 g/mol. The van der Waals surface area contributed by atoms with E-state index in [0.717, 1.165) is 19.3 Å². The lowest BCUT2D eigenvalue weighted by molar-refractivity contribution is -0.0270. The Kier molecular flexibility index (Phi) is 3.91. The molecule has 0 heterocycles. The molecule has 3 atom stereocenters. The Morgan fingerprint density at radius 1 is 1.71 bits per heavy atom. The Bertz CT molecular complexity index is 224. The Morgan fingerprint density at radius 2 is 2.43 bits per heavy atom. The molecule has 1 saturated carbocycles. The second-order valence-electron chi connectivity index (χ2n) is 4.44. The Morgan fingerprint density at radius 3 is 2.93 bits per heavy atom. The van der Waals surface area contributed by atoms with Crippen LogP contribution in [-0.2, 0) is 4.74 Å². The first-order valence-electron chi connectivity index (χ1n) is 5.23. The number of ether oxygens (including phenoxy) is 1. The molecule has 1 fully saturated rings. The molecule has 0 aromatic carbocycles. The van der Waals surface area contributed by atoms with Gasteiger partial charge < -0.3 is 9.84 Å². The number of nitrogens with zero attached hydrogens (tertiary/aromatic N) is 1. The van der Waals surface area contributed by atoms with Gasteiger partial charge >= 0.3 is 0 Å². The van der Waals surface area contributed by atoms with E-state index in [9.17, 15) is 10.4 Å². The molecule has 1 aliphatic rings. The van der Waals surface area contributed by atoms with Crippen LogP contribution in [0.2, 0.25) is 0 Å². The topological polar surface area (TPSA) is 53.2 Å². The van der Waals surface area contributed by atoms with Crippen LogP contribution < -0.4 is 0 Å². The van der Waals surface area contributed by atoms with E-state index in [0.29, 0.717) is 5.92 Å². The molecule has 80 valence electrons. The molecule has 14 heavy (non-hydrogen) atoms. The summed E-state index contributed by atoms with van der Waals surface area (Å²) >= 11 is 0. The van der Waals surface area contributed by atoms with Crippen molar-refractivity contribution in [3.63, 3.8) is 0 Å². The van der Waals surface area contributed by atoms with Crippen LogP contribution in [0.5, 0.6) is 0 Å². The van der Waals surface area contributed by atoms with Gasteiger partial charge in [0.05, 0.1) is 24.2 Å². The van der Waals surface area contributed by atoms with Gasteiger partial charge in [0, 0.05) is 7.11 Å². The molecule has 0 aromatic rings. The summed E-state index contributed by atoms with van der Waals surface area (Å²) in [6.07, 6.45) is 3.17. The van der Waals surface area contributed by atoms with Crippen LogP contribution in [0.3, 0.4) is 0 Å². The quantitative estimate of drug-likeness (QED) is 0.749. The zero-order chi connectivity index (χ0) is 10.6. The Balaban J connectivity index is 2.70. The minimum absolute atomic E-state index is 0.264. The monoisotopic (exact) mass is 197 g/mol. The first-order chi connectivity index (χ1) is 6.64. The minimum atomic E-state index is -0.639. The first-order valence-corrected chi connectivity index (χ1v) is 5.23. The van der Waals surface area contributed by atoms with E-state index in [1.165, 1.54) is 6.42 Å². The molecule has 0 radical (unpaired) electrons. The third-order valence-electron chi connectivity index (χ3n) is 3.22. The van der Waals surface area contributed by atoms with E-state index in [1.54, 1.807) is 7.11 Å². The highest BCUT2D eigenvalue weighted by molar-refractivity contribution is 5.06. The number of aliphatic hydroxyl groups is 1. The second kappa shape index (κ2) is 4.77. The molecular formula is C11H19NO2. The number of hydrogen-bond donors (Lipinski definition) is 1. The number of rotatable bonds is 3. The third-order valence-corrected chi connectivity index (χ3v) is 3.22. The number of methoxy groups -OCH3 is 1. The van der Waals surface area contributed by atoms with Crippen molar-refractivity contribution in [3.8, 4) is 6.07 Å². The average molecular weight is 197 g/mol. The highest BCUT2D eigenvalue weighted by atomic mass is 16.5. The van der Waals surface area contributed by atoms with Gasteiger partial charge in [0.1, 0.15) is 0 Å². The lowest BCUT2D eigenvalue weighted by Gasteiger charge is -2.37. The van der Waals surface area contributed by atoms with E-state index in [1.807, 2.05) is 0 Å². The maximum atomic E-state index is 9.89. The predicted molar refractivity (Wildman–Crippen MR) is 53.6 cm³/mol. The summed E-state index contributed by atoms with van der Waals surface area (Å²) in [5.74, 6) is 0.537. The van der Waals surface area contributed by atoms with Crippen molar-refractivity contribution in [2.75, 3.05) is 13.7 Å². The van der Waals surface area contributed by atoms with Crippen LogP contribution in [0.4, 0.5) is 0 Å². The van der Waals surface area contributed by atoms with Crippen molar-refractivity contribution >= 4 is 0 Å². The number of nitriles is 1. The lowest BCUT2D eigenvalue weighted by atomic mass is 9.68. The Labute approximate surface area is 85.7 Å². The summed E-state index contributed by atoms with van der Waals surface area (Å²) in [7, 11) is 1.56. The van der Waals surface area contributed by atoms with Gasteiger partial charge in [-0.25, -0.2) is 0 Å². The molecule has 3 heteroatoms. The fourth-order valence-electron chi connectivity index (χ4n) is 2.39. The Hall–Kier alpha value is -0.590. The SMILES string of the molecule is COCC(O)C1(C#N)CCCC(C)C1. The fraction of sp³-hybridized carbons (Fsp3) is 0.909. The van der Waals surface area contributed by atoms with Crippen LogP contribution in [-0.4, -0.2) is 24.9 Å². The molecule has 0 aliphatic heterocycles. The van der Waals surface area contributed by atoms with Gasteiger partial charge in [-0.05, 0) is 18.8 Å². The van der Waals surface area contributed by atoms with Crippen molar-refractivity contribution in [1.82, 2.24) is 0 Å². The average Bonchev–Trinajstić information content (AvgIpc) is 2.18. The highest BCUT2D eigenvalue weighted by Crippen LogP contribution is 2.41. The predicted octanol–water partition coefficient (Wildman–Crippen LogP) is 1.71. The van der Waals surface area contributed by atoms with Crippen molar-refractivity contribution in [2.45, 2.75) is 38.7 Å². The van der Waals surface area contributed by atoms with Gasteiger partial charge in [0.2, 0.25) is 0 Å². The normalized spacial score (nSPS) is 34.9. The van der Waals surface area contributed by atoms with Gasteiger partial charge in [-0.1, -0.05) is 19.8 Å². The van der Waals surface area contributed by atoms with Crippen molar-refractivity contribution in [1.29, 1.82) is 5.26 Å². The number of aliphatic hydroxyl groups excluding tert-OH is 1. The summed E-state index contributed by atoms with van der Waals surface area (Å²) in [5.41, 5.74) is -0.562. The molecule has 0 saturated heterocycles. The van der Waals surface area contributed by atoms with E-state index in [-0.39, 0.29) is 6.61 Å². The van der Waals surface area contributed by atoms with Gasteiger partial charge in [-0.3, -0.25) is 0 Å². The molecule has 1 rings (SSSR count). The van der Waals surface area contributed by atoms with Gasteiger partial charge in [0.25, 0.3) is 0 Å². The van der Waals surface area contributed by atoms with Crippen LogP contribution in [0.25, 0.3) is 0 Å². The molecule has 0 spiro atoms. The zero-order valence-corrected chi connectivity index (χ0v) is 8.99. The van der Waals surface area contributed by atoms with Crippen LogP contribution in [0.15, 0.2) is 0 Å². The summed E-state index contributed by atoms with van der Waals surface area (Å²) < 4.78 is 4.92. The van der Waals surface area contributed by atoms with Crippen molar-refractivity contribution in [2.24, 2.45) is 11.3 Å². The van der Waals surface area contributed by atoms with E-state index in [4.69, 9.17) is 4.74 Å². The summed E-state index contributed by atoms with van der Waals surface area (Å²) in [6.45, 7) is 2.41. The smallest absolute Gasteiger partial charge is 0.0959 e. The van der Waals surface area contributed by atoms with Gasteiger partial charge in [-0.15, -0.1) is 0 Å². The molecule has 0 aromatic heterocycles. The largest absolute Gasteiger partial charge is 0.389 e. The first kappa shape index (κ1) is 11.5. The second-order valence-corrected chi connectivity index (χ2v) is 4.44. The molecule has 0 amide bonds. The van der Waals surface area contributed by atoms with Crippen LogP contribution in [0.1, 0.15) is 32.6 Å².